The van der Waals surface area contributed by atoms with Crippen molar-refractivity contribution in [2.75, 3.05) is 5.32 Å². The van der Waals surface area contributed by atoms with Crippen LogP contribution in [-0.2, 0) is 11.2 Å². The van der Waals surface area contributed by atoms with Gasteiger partial charge in [-0.15, -0.1) is 11.3 Å². The minimum Gasteiger partial charge on any atom is -0.480 e. The average Bonchev–Trinajstić information content (AvgIpc) is 3.11. The number of carboxylic acids is 1. The number of nitrogens with zero attached hydrogens (tertiary/aromatic N) is 2. The Hall–Kier alpha value is -2.53. The first-order chi connectivity index (χ1) is 12.9. The van der Waals surface area contributed by atoms with Gasteiger partial charge in [-0.25, -0.2) is 9.78 Å². The van der Waals surface area contributed by atoms with Crippen LogP contribution in [0.5, 0.6) is 0 Å². The van der Waals surface area contributed by atoms with E-state index in [0.29, 0.717) is 17.2 Å². The van der Waals surface area contributed by atoms with Crippen LogP contribution in [-0.4, -0.2) is 27.0 Å². The van der Waals surface area contributed by atoms with Crippen LogP contribution in [0.1, 0.15) is 5.56 Å². The van der Waals surface area contributed by atoms with Crippen LogP contribution in [0, 0.1) is 13.7 Å². The van der Waals surface area contributed by atoms with Crippen LogP contribution < -0.4 is 5.32 Å². The Kier molecular flexibility index (Phi) is 6.01. The Balaban J connectivity index is 1.73. The van der Waals surface area contributed by atoms with Gasteiger partial charge >= 0.3 is 5.97 Å². The van der Waals surface area contributed by atoms with E-state index in [1.165, 1.54) is 23.5 Å². The van der Waals surface area contributed by atoms with Gasteiger partial charge in [0.25, 0.3) is 5.69 Å². The number of halogens is 1. The number of anilines is 1. The zero-order valence-electron chi connectivity index (χ0n) is 13.8. The summed E-state index contributed by atoms with van der Waals surface area (Å²) in [7, 11) is 0. The van der Waals surface area contributed by atoms with E-state index in [1.54, 1.807) is 17.5 Å². The predicted octanol–water partition coefficient (Wildman–Crippen LogP) is 4.43. The molecule has 9 heteroatoms. The highest BCUT2D eigenvalue weighted by atomic mass is 127. The highest BCUT2D eigenvalue weighted by Gasteiger charge is 2.19. The van der Waals surface area contributed by atoms with E-state index in [-0.39, 0.29) is 5.69 Å². The minimum absolute atomic E-state index is 0.00999. The highest BCUT2D eigenvalue weighted by Crippen LogP contribution is 2.27. The molecule has 1 unspecified atom stereocenters. The number of carbonyl (C=O) groups is 1. The highest BCUT2D eigenvalue weighted by molar-refractivity contribution is 14.1. The van der Waals surface area contributed by atoms with Gasteiger partial charge in [0.2, 0.25) is 0 Å². The van der Waals surface area contributed by atoms with E-state index in [9.17, 15) is 20.0 Å². The lowest BCUT2D eigenvalue weighted by Crippen LogP contribution is -2.31. The molecule has 0 amide bonds. The summed E-state index contributed by atoms with van der Waals surface area (Å²) in [5.74, 6) is -0.958. The molecule has 1 aromatic heterocycles. The van der Waals surface area contributed by atoms with Crippen LogP contribution >= 0.6 is 33.9 Å². The summed E-state index contributed by atoms with van der Waals surface area (Å²) < 4.78 is 1.09. The summed E-state index contributed by atoms with van der Waals surface area (Å²) in [6, 6.07) is 13.0. The number of rotatable bonds is 7. The number of non-ortho nitro benzene ring substituents is 1. The van der Waals surface area contributed by atoms with Crippen molar-refractivity contribution in [2.24, 2.45) is 0 Å². The molecule has 2 N–H and O–H groups in total. The maximum Gasteiger partial charge on any atom is 0.326 e. The van der Waals surface area contributed by atoms with Gasteiger partial charge in [0.05, 0.1) is 10.6 Å². The molecule has 27 heavy (non-hydrogen) atoms. The number of hydrogen-bond donors (Lipinski definition) is 2. The number of thiazole rings is 1. The lowest BCUT2D eigenvalue weighted by molar-refractivity contribution is -0.384. The van der Waals surface area contributed by atoms with Gasteiger partial charge in [0.15, 0.2) is 5.13 Å². The molecule has 0 aliphatic heterocycles. The summed E-state index contributed by atoms with van der Waals surface area (Å²) in [6.07, 6.45) is 0.332. The quantitative estimate of drug-likeness (QED) is 0.286. The largest absolute Gasteiger partial charge is 0.480 e. The number of aromatic nitrogens is 1. The van der Waals surface area contributed by atoms with Crippen molar-refractivity contribution >= 4 is 50.7 Å². The van der Waals surface area contributed by atoms with Crippen molar-refractivity contribution in [1.82, 2.24) is 4.98 Å². The summed E-state index contributed by atoms with van der Waals surface area (Å²) in [5, 5.41) is 25.5. The lowest BCUT2D eigenvalue weighted by Gasteiger charge is -2.13. The molecule has 2 aromatic carbocycles. The number of nitro groups is 1. The van der Waals surface area contributed by atoms with Crippen LogP contribution in [0.2, 0.25) is 0 Å². The van der Waals surface area contributed by atoms with Gasteiger partial charge < -0.3 is 10.4 Å². The van der Waals surface area contributed by atoms with Crippen molar-refractivity contribution in [3.8, 4) is 11.3 Å². The second kappa shape index (κ2) is 8.44. The van der Waals surface area contributed by atoms with Gasteiger partial charge in [-0.1, -0.05) is 12.1 Å². The summed E-state index contributed by atoms with van der Waals surface area (Å²) in [4.78, 5) is 26.3. The second-order valence-corrected chi connectivity index (χ2v) is 7.81. The zero-order valence-corrected chi connectivity index (χ0v) is 16.8. The topological polar surface area (TPSA) is 105 Å². The van der Waals surface area contributed by atoms with Crippen LogP contribution in [0.4, 0.5) is 10.8 Å². The van der Waals surface area contributed by atoms with Gasteiger partial charge in [-0.05, 0) is 52.4 Å². The van der Waals surface area contributed by atoms with E-state index in [0.717, 1.165) is 14.7 Å². The number of hydrogen-bond acceptors (Lipinski definition) is 6. The molecular weight excluding hydrogens is 481 g/mol. The summed E-state index contributed by atoms with van der Waals surface area (Å²) in [6.45, 7) is 0. The molecule has 3 rings (SSSR count). The van der Waals surface area contributed by atoms with E-state index < -0.39 is 16.9 Å². The van der Waals surface area contributed by atoms with E-state index in [4.69, 9.17) is 0 Å². The SMILES string of the molecule is O=C(O)C(Cc1ccc(I)cc1)Nc1nc(-c2ccc([N+](=O)[O-])cc2)cs1. The fourth-order valence-corrected chi connectivity index (χ4v) is 3.56. The van der Waals surface area contributed by atoms with E-state index in [2.05, 4.69) is 32.9 Å². The Morgan fingerprint density at radius 2 is 1.89 bits per heavy atom. The van der Waals surface area contributed by atoms with Crippen molar-refractivity contribution in [2.45, 2.75) is 12.5 Å². The molecule has 0 saturated heterocycles. The maximum atomic E-state index is 11.6. The molecule has 0 fully saturated rings. The number of nitro benzene ring substituents is 1. The van der Waals surface area contributed by atoms with E-state index >= 15 is 0 Å². The molecule has 0 saturated carbocycles. The Labute approximate surface area is 172 Å². The molecule has 138 valence electrons. The standard InChI is InChI=1S/C18H14IN3O4S/c19-13-5-1-11(2-6-13)9-15(17(23)24)20-18-21-16(10-27-18)12-3-7-14(8-4-12)22(25)26/h1-8,10,15H,9H2,(H,20,21)(H,23,24). The van der Waals surface area contributed by atoms with Crippen LogP contribution in [0.15, 0.2) is 53.9 Å². The summed E-state index contributed by atoms with van der Waals surface area (Å²) >= 11 is 3.49. The molecule has 0 aliphatic carbocycles. The lowest BCUT2D eigenvalue weighted by atomic mass is 10.1. The fraction of sp³-hybridized carbons (Fsp3) is 0.111. The Morgan fingerprint density at radius 3 is 2.48 bits per heavy atom. The number of carboxylic acid groups (broad SMARTS) is 1. The number of aliphatic carboxylic acids is 1. The predicted molar refractivity (Wildman–Crippen MR) is 112 cm³/mol. The van der Waals surface area contributed by atoms with Gasteiger partial charge in [0, 0.05) is 33.1 Å². The fourth-order valence-electron chi connectivity index (χ4n) is 2.43. The Bertz CT molecular complexity index is 957. The van der Waals surface area contributed by atoms with Crippen LogP contribution in [0.25, 0.3) is 11.3 Å². The van der Waals surface area contributed by atoms with Crippen molar-refractivity contribution in [3.05, 3.63) is 73.2 Å². The first kappa shape index (κ1) is 19.2. The molecule has 0 radical (unpaired) electrons. The molecule has 3 aromatic rings. The normalized spacial score (nSPS) is 11.7. The maximum absolute atomic E-state index is 11.6. The average molecular weight is 495 g/mol. The van der Waals surface area contributed by atoms with Gasteiger partial charge in [-0.3, -0.25) is 10.1 Å². The monoisotopic (exact) mass is 495 g/mol. The third-order valence-corrected chi connectivity index (χ3v) is 5.32. The number of nitrogens with one attached hydrogen (secondary N) is 1. The zero-order chi connectivity index (χ0) is 19.4. The van der Waals surface area contributed by atoms with Crippen LogP contribution in [0.3, 0.4) is 0 Å². The molecule has 0 spiro atoms. The van der Waals surface area contributed by atoms with Crippen molar-refractivity contribution < 1.29 is 14.8 Å². The minimum atomic E-state index is -0.958. The third kappa shape index (κ3) is 5.01. The molecule has 1 heterocycles. The third-order valence-electron chi connectivity index (χ3n) is 3.83. The molecule has 0 aliphatic rings. The van der Waals surface area contributed by atoms with Crippen molar-refractivity contribution in [1.29, 1.82) is 0 Å². The van der Waals surface area contributed by atoms with Gasteiger partial charge in [0.1, 0.15) is 6.04 Å². The number of benzene rings is 2. The smallest absolute Gasteiger partial charge is 0.326 e. The molecule has 1 atom stereocenters. The molecular formula is C18H14IN3O4S. The molecule has 7 nitrogen and oxygen atoms in total. The van der Waals surface area contributed by atoms with E-state index in [1.807, 2.05) is 24.3 Å². The first-order valence-corrected chi connectivity index (χ1v) is 9.82. The summed E-state index contributed by atoms with van der Waals surface area (Å²) in [5.41, 5.74) is 2.29. The van der Waals surface area contributed by atoms with Crippen molar-refractivity contribution in [3.63, 3.8) is 0 Å². The first-order valence-electron chi connectivity index (χ1n) is 7.86. The Morgan fingerprint density at radius 1 is 1.22 bits per heavy atom. The molecule has 0 bridgehead atoms. The van der Waals surface area contributed by atoms with Gasteiger partial charge in [-0.2, -0.15) is 0 Å². The second-order valence-electron chi connectivity index (χ2n) is 5.71.